The van der Waals surface area contributed by atoms with E-state index in [1.807, 2.05) is 27.7 Å². The fourth-order valence-electron chi connectivity index (χ4n) is 2.85. The van der Waals surface area contributed by atoms with Crippen molar-refractivity contribution in [1.29, 1.82) is 0 Å². The number of thiophene rings is 1. The Balaban J connectivity index is 2.63. The molecule has 1 N–H and O–H groups in total. The lowest BCUT2D eigenvalue weighted by Crippen LogP contribution is -2.31. The van der Waals surface area contributed by atoms with Gasteiger partial charge in [0.25, 0.3) is 11.5 Å². The second-order valence-corrected chi connectivity index (χ2v) is 7.16. The number of carbonyl (C=O) groups excluding carboxylic acids is 1. The molecule has 1 amide bonds. The fraction of sp³-hybridized carbons (Fsp3) is 0.588. The summed E-state index contributed by atoms with van der Waals surface area (Å²) in [7, 11) is 0. The number of aromatic nitrogens is 2. The molecule has 0 saturated carbocycles. The monoisotopic (exact) mass is 351 g/mol. The van der Waals surface area contributed by atoms with Crippen LogP contribution in [-0.4, -0.2) is 45.2 Å². The van der Waals surface area contributed by atoms with E-state index in [1.165, 1.54) is 22.2 Å². The van der Waals surface area contributed by atoms with E-state index in [9.17, 15) is 14.7 Å². The third kappa shape index (κ3) is 3.10. The van der Waals surface area contributed by atoms with Gasteiger partial charge >= 0.3 is 0 Å². The minimum atomic E-state index is -0.323. The van der Waals surface area contributed by atoms with Crippen molar-refractivity contribution in [3.05, 3.63) is 27.1 Å². The first kappa shape index (κ1) is 18.6. The molecule has 0 aliphatic carbocycles. The van der Waals surface area contributed by atoms with E-state index in [0.717, 1.165) is 0 Å². The van der Waals surface area contributed by atoms with Crippen molar-refractivity contribution >= 4 is 27.5 Å². The zero-order valence-corrected chi connectivity index (χ0v) is 15.7. The van der Waals surface area contributed by atoms with Crippen molar-refractivity contribution < 1.29 is 9.90 Å². The zero-order valence-electron chi connectivity index (χ0n) is 14.9. The summed E-state index contributed by atoms with van der Waals surface area (Å²) in [6.07, 6.45) is 1.48. The molecule has 0 aliphatic rings. The first-order valence-electron chi connectivity index (χ1n) is 8.27. The lowest BCUT2D eigenvalue weighted by Gasteiger charge is -2.20. The van der Waals surface area contributed by atoms with Crippen LogP contribution >= 0.6 is 11.3 Å². The Bertz CT molecular complexity index is 790. The number of fused-ring (bicyclic) bond motifs is 1. The Labute approximate surface area is 145 Å². The van der Waals surface area contributed by atoms with Gasteiger partial charge in [-0.2, -0.15) is 0 Å². The molecule has 0 saturated heterocycles. The largest absolute Gasteiger partial charge is 0.394 e. The molecular formula is C17H25N3O3S. The highest BCUT2D eigenvalue weighted by molar-refractivity contribution is 7.20. The van der Waals surface area contributed by atoms with Crippen LogP contribution in [0.1, 0.15) is 49.0 Å². The molecule has 0 unspecified atom stereocenters. The van der Waals surface area contributed by atoms with Crippen LogP contribution in [0.15, 0.2) is 11.1 Å². The molecule has 2 aromatic heterocycles. The minimum absolute atomic E-state index is 0.0611. The van der Waals surface area contributed by atoms with E-state index in [1.54, 1.807) is 11.8 Å². The summed E-state index contributed by atoms with van der Waals surface area (Å²) in [6.45, 7) is 10.7. The van der Waals surface area contributed by atoms with Gasteiger partial charge in [0, 0.05) is 13.1 Å². The van der Waals surface area contributed by atoms with Crippen molar-refractivity contribution in [1.82, 2.24) is 14.5 Å². The van der Waals surface area contributed by atoms with Gasteiger partial charge < -0.3 is 10.0 Å². The second kappa shape index (κ2) is 7.44. The number of aryl methyl sites for hydroxylation is 1. The fourth-order valence-corrected chi connectivity index (χ4v) is 3.96. The van der Waals surface area contributed by atoms with Crippen molar-refractivity contribution in [2.75, 3.05) is 19.7 Å². The predicted molar refractivity (Wildman–Crippen MR) is 96.8 cm³/mol. The maximum absolute atomic E-state index is 12.9. The van der Waals surface area contributed by atoms with Crippen LogP contribution in [-0.2, 0) is 0 Å². The zero-order chi connectivity index (χ0) is 18.0. The molecule has 0 fully saturated rings. The number of nitrogens with zero attached hydrogens (tertiary/aromatic N) is 3. The van der Waals surface area contributed by atoms with Gasteiger partial charge in [0.05, 0.1) is 29.2 Å². The summed E-state index contributed by atoms with van der Waals surface area (Å²) in [6, 6.07) is -0.323. The Morgan fingerprint density at radius 1 is 1.38 bits per heavy atom. The Hall–Kier alpha value is -1.73. The van der Waals surface area contributed by atoms with Gasteiger partial charge in [0.2, 0.25) is 0 Å². The average Bonchev–Trinajstić information content (AvgIpc) is 2.88. The van der Waals surface area contributed by atoms with Crippen LogP contribution < -0.4 is 5.56 Å². The van der Waals surface area contributed by atoms with Gasteiger partial charge in [-0.1, -0.05) is 13.8 Å². The topological polar surface area (TPSA) is 75.4 Å². The standard InChI is InChI=1S/C17H25N3O3S/c1-6-19(7-2)17(23)14-11(5)13-15(24-14)18-9-20(16(13)22)12(8-21)10(3)4/h9-10,12,21H,6-8H2,1-5H3/t12-/m1/s1. The van der Waals surface area contributed by atoms with Crippen LogP contribution in [0.25, 0.3) is 10.2 Å². The quantitative estimate of drug-likeness (QED) is 0.867. The molecule has 0 bridgehead atoms. The number of carbonyl (C=O) groups is 1. The molecule has 0 spiro atoms. The van der Waals surface area contributed by atoms with Crippen LogP contribution in [0.4, 0.5) is 0 Å². The molecule has 2 aromatic rings. The van der Waals surface area contributed by atoms with E-state index in [0.29, 0.717) is 33.7 Å². The molecule has 6 nitrogen and oxygen atoms in total. The number of hydrogen-bond donors (Lipinski definition) is 1. The van der Waals surface area contributed by atoms with E-state index >= 15 is 0 Å². The normalized spacial score (nSPS) is 12.8. The molecule has 0 aliphatic heterocycles. The van der Waals surface area contributed by atoms with Gasteiger partial charge in [0.1, 0.15) is 4.83 Å². The summed E-state index contributed by atoms with van der Waals surface area (Å²) < 4.78 is 1.48. The molecule has 1 atom stereocenters. The average molecular weight is 351 g/mol. The van der Waals surface area contributed by atoms with E-state index in [-0.39, 0.29) is 30.0 Å². The van der Waals surface area contributed by atoms with Gasteiger partial charge in [0.15, 0.2) is 0 Å². The van der Waals surface area contributed by atoms with Crippen molar-refractivity contribution in [2.45, 2.75) is 40.7 Å². The molecule has 24 heavy (non-hydrogen) atoms. The highest BCUT2D eigenvalue weighted by atomic mass is 32.1. The summed E-state index contributed by atoms with van der Waals surface area (Å²) in [4.78, 5) is 32.8. The number of amides is 1. The second-order valence-electron chi connectivity index (χ2n) is 6.16. The third-order valence-electron chi connectivity index (χ3n) is 4.43. The maximum Gasteiger partial charge on any atom is 0.264 e. The van der Waals surface area contributed by atoms with E-state index in [2.05, 4.69) is 4.98 Å². The van der Waals surface area contributed by atoms with Crippen molar-refractivity contribution in [2.24, 2.45) is 5.92 Å². The Morgan fingerprint density at radius 2 is 2.00 bits per heavy atom. The highest BCUT2D eigenvalue weighted by Gasteiger charge is 2.24. The van der Waals surface area contributed by atoms with Crippen molar-refractivity contribution in [3.8, 4) is 0 Å². The molecule has 2 heterocycles. The number of hydrogen-bond acceptors (Lipinski definition) is 5. The van der Waals surface area contributed by atoms with E-state index in [4.69, 9.17) is 0 Å². The molecule has 7 heteroatoms. The lowest BCUT2D eigenvalue weighted by molar-refractivity contribution is 0.0777. The summed E-state index contributed by atoms with van der Waals surface area (Å²) in [5.41, 5.74) is 0.485. The lowest BCUT2D eigenvalue weighted by atomic mass is 10.1. The summed E-state index contributed by atoms with van der Waals surface area (Å²) in [5, 5.41) is 10.1. The number of aliphatic hydroxyl groups is 1. The molecular weight excluding hydrogens is 326 g/mol. The molecule has 0 aromatic carbocycles. The van der Waals surface area contributed by atoms with Crippen LogP contribution in [0, 0.1) is 12.8 Å². The van der Waals surface area contributed by atoms with E-state index < -0.39 is 0 Å². The van der Waals surface area contributed by atoms with Crippen LogP contribution in [0.5, 0.6) is 0 Å². The first-order valence-corrected chi connectivity index (χ1v) is 9.09. The summed E-state index contributed by atoms with van der Waals surface area (Å²) in [5.74, 6) is 0.0386. The molecule has 0 radical (unpaired) electrons. The Morgan fingerprint density at radius 3 is 2.50 bits per heavy atom. The number of aliphatic hydroxyl groups excluding tert-OH is 1. The SMILES string of the molecule is CCN(CC)C(=O)c1sc2ncn([C@H](CO)C(C)C)c(=O)c2c1C. The van der Waals surface area contributed by atoms with Gasteiger partial charge in [-0.25, -0.2) is 4.98 Å². The molecule has 2 rings (SSSR count). The number of rotatable bonds is 6. The highest BCUT2D eigenvalue weighted by Crippen LogP contribution is 2.28. The van der Waals surface area contributed by atoms with Gasteiger partial charge in [-0.05, 0) is 32.3 Å². The minimum Gasteiger partial charge on any atom is -0.394 e. The van der Waals surface area contributed by atoms with Crippen molar-refractivity contribution in [3.63, 3.8) is 0 Å². The van der Waals surface area contributed by atoms with Gasteiger partial charge in [-0.15, -0.1) is 11.3 Å². The Kier molecular flexibility index (Phi) is 5.77. The first-order chi connectivity index (χ1) is 11.4. The summed E-state index contributed by atoms with van der Waals surface area (Å²) >= 11 is 1.26. The smallest absolute Gasteiger partial charge is 0.264 e. The predicted octanol–water partition coefficient (Wildman–Crippen LogP) is 2.44. The molecule has 132 valence electrons. The maximum atomic E-state index is 12.9. The van der Waals surface area contributed by atoms with Crippen LogP contribution in [0.3, 0.4) is 0 Å². The van der Waals surface area contributed by atoms with Crippen LogP contribution in [0.2, 0.25) is 0 Å². The third-order valence-corrected chi connectivity index (χ3v) is 5.62. The van der Waals surface area contributed by atoms with Gasteiger partial charge in [-0.3, -0.25) is 14.2 Å².